The quantitative estimate of drug-likeness (QED) is 0.563. The summed E-state index contributed by atoms with van der Waals surface area (Å²) in [5, 5.41) is 8.12. The Morgan fingerprint density at radius 1 is 1.29 bits per heavy atom. The van der Waals surface area contributed by atoms with Crippen molar-refractivity contribution in [2.45, 2.75) is 12.3 Å². The molecule has 4 nitrogen and oxygen atoms in total. The zero-order valence-corrected chi connectivity index (χ0v) is 11.9. The second-order valence-electron chi connectivity index (χ2n) is 3.85. The van der Waals surface area contributed by atoms with Crippen LogP contribution < -0.4 is 4.74 Å². The van der Waals surface area contributed by atoms with Crippen LogP contribution >= 0.6 is 34.8 Å². The van der Waals surface area contributed by atoms with Crippen LogP contribution in [0.25, 0.3) is 6.08 Å². The van der Waals surface area contributed by atoms with E-state index >= 15 is 0 Å². The van der Waals surface area contributed by atoms with E-state index in [0.717, 1.165) is 12.1 Å². The van der Waals surface area contributed by atoms with Crippen LogP contribution in [0.2, 0.25) is 15.1 Å². The molecule has 0 aliphatic carbocycles. The average molecular weight is 364 g/mol. The van der Waals surface area contributed by atoms with Gasteiger partial charge in [0.2, 0.25) is 0 Å². The highest BCUT2D eigenvalue weighted by molar-refractivity contribution is 6.48. The van der Waals surface area contributed by atoms with Crippen LogP contribution in [-0.4, -0.2) is 23.5 Å². The Labute approximate surface area is 130 Å². The lowest BCUT2D eigenvalue weighted by atomic mass is 10.1. The molecule has 0 fully saturated rings. The second-order valence-corrected chi connectivity index (χ2v) is 5.02. The maximum absolute atomic E-state index is 12.9. The second kappa shape index (κ2) is 5.47. The van der Waals surface area contributed by atoms with Gasteiger partial charge in [-0.15, -0.1) is 0 Å². The van der Waals surface area contributed by atoms with Crippen molar-refractivity contribution < 1.29 is 32.5 Å². The number of alkyl halides is 3. The van der Waals surface area contributed by atoms with Gasteiger partial charge in [0.1, 0.15) is 5.75 Å². The Morgan fingerprint density at radius 2 is 1.90 bits per heavy atom. The third kappa shape index (κ3) is 3.14. The Bertz CT molecular complexity index is 643. The maximum atomic E-state index is 12.9. The lowest BCUT2D eigenvalue weighted by Crippen LogP contribution is -2.39. The van der Waals surface area contributed by atoms with Crippen molar-refractivity contribution in [3.8, 4) is 5.75 Å². The Morgan fingerprint density at radius 3 is 2.43 bits per heavy atom. The van der Waals surface area contributed by atoms with E-state index in [2.05, 4.69) is 4.74 Å². The van der Waals surface area contributed by atoms with Crippen LogP contribution in [0, 0.1) is 0 Å². The maximum Gasteiger partial charge on any atom is 0.511 e. The number of ether oxygens (including phenoxy) is 2. The number of fused-ring (bicyclic) bond motifs is 1. The summed E-state index contributed by atoms with van der Waals surface area (Å²) in [5.74, 6) is -1.25. The predicted octanol–water partition coefficient (Wildman–Crippen LogP) is 5.01. The molecule has 2 rings (SSSR count). The molecule has 10 heteroatoms. The highest BCUT2D eigenvalue weighted by Crippen LogP contribution is 2.45. The van der Waals surface area contributed by atoms with Gasteiger partial charge in [-0.05, 0) is 6.08 Å². The van der Waals surface area contributed by atoms with E-state index < -0.39 is 24.2 Å². The van der Waals surface area contributed by atoms with Crippen molar-refractivity contribution in [3.63, 3.8) is 0 Å². The molecule has 1 N–H and O–H groups in total. The molecule has 1 aromatic carbocycles. The predicted molar refractivity (Wildman–Crippen MR) is 69.0 cm³/mol. The van der Waals surface area contributed by atoms with Gasteiger partial charge in [0, 0.05) is 11.6 Å². The van der Waals surface area contributed by atoms with E-state index in [1.54, 1.807) is 0 Å². The van der Waals surface area contributed by atoms with Crippen LogP contribution in [0.5, 0.6) is 5.75 Å². The van der Waals surface area contributed by atoms with E-state index in [4.69, 9.17) is 44.6 Å². The SMILES string of the molecule is O=C(O)OC1=Cc2c(cc(Cl)c(Cl)c2Cl)OC1C(F)(F)F. The largest absolute Gasteiger partial charge is 0.511 e. The summed E-state index contributed by atoms with van der Waals surface area (Å²) in [6, 6.07) is 1.05. The fourth-order valence-corrected chi connectivity index (χ4v) is 2.28. The van der Waals surface area contributed by atoms with Gasteiger partial charge in [-0.25, -0.2) is 4.79 Å². The number of benzene rings is 1. The molecule has 1 atom stereocenters. The van der Waals surface area contributed by atoms with Gasteiger partial charge in [-0.1, -0.05) is 34.8 Å². The van der Waals surface area contributed by atoms with E-state index in [0.29, 0.717) is 0 Å². The van der Waals surface area contributed by atoms with E-state index in [1.807, 2.05) is 0 Å². The van der Waals surface area contributed by atoms with Crippen molar-refractivity contribution >= 4 is 47.0 Å². The fraction of sp³-hybridized carbons (Fsp3) is 0.182. The lowest BCUT2D eigenvalue weighted by Gasteiger charge is -2.28. The van der Waals surface area contributed by atoms with Crippen LogP contribution in [0.1, 0.15) is 5.56 Å². The molecule has 0 aromatic heterocycles. The summed E-state index contributed by atoms with van der Waals surface area (Å²) >= 11 is 17.3. The van der Waals surface area contributed by atoms with Gasteiger partial charge in [0.25, 0.3) is 6.10 Å². The number of carboxylic acid groups (broad SMARTS) is 1. The molecule has 0 saturated carbocycles. The number of hydrogen-bond acceptors (Lipinski definition) is 3. The van der Waals surface area contributed by atoms with Crippen LogP contribution in [0.15, 0.2) is 11.8 Å². The van der Waals surface area contributed by atoms with E-state index in [-0.39, 0.29) is 26.4 Å². The Hall–Kier alpha value is -1.31. The molecule has 0 spiro atoms. The minimum atomic E-state index is -4.89. The first-order valence-corrected chi connectivity index (χ1v) is 6.28. The molecule has 1 aliphatic rings. The number of rotatable bonds is 1. The van der Waals surface area contributed by atoms with E-state index in [1.165, 1.54) is 0 Å². The number of carbonyl (C=O) groups is 1. The highest BCUT2D eigenvalue weighted by atomic mass is 35.5. The zero-order chi connectivity index (χ0) is 15.9. The Balaban J connectivity index is 2.59. The minimum Gasteiger partial charge on any atom is -0.472 e. The van der Waals surface area contributed by atoms with Crippen LogP contribution in [-0.2, 0) is 4.74 Å². The van der Waals surface area contributed by atoms with Gasteiger partial charge in [0.05, 0.1) is 15.1 Å². The molecular weight excluding hydrogens is 359 g/mol. The first-order chi connectivity index (χ1) is 9.61. The highest BCUT2D eigenvalue weighted by Gasteiger charge is 2.48. The first kappa shape index (κ1) is 16.1. The monoisotopic (exact) mass is 362 g/mol. The Kier molecular flexibility index (Phi) is 4.19. The third-order valence-electron chi connectivity index (χ3n) is 2.45. The molecule has 1 unspecified atom stereocenters. The molecule has 1 heterocycles. The van der Waals surface area contributed by atoms with Gasteiger partial charge in [-0.2, -0.15) is 13.2 Å². The molecule has 0 radical (unpaired) electrons. The van der Waals surface area contributed by atoms with Crippen molar-refractivity contribution in [3.05, 3.63) is 32.5 Å². The average Bonchev–Trinajstić information content (AvgIpc) is 2.34. The van der Waals surface area contributed by atoms with Gasteiger partial charge in [0.15, 0.2) is 5.76 Å². The topological polar surface area (TPSA) is 55.8 Å². The summed E-state index contributed by atoms with van der Waals surface area (Å²) in [6.07, 6.45) is -8.60. The van der Waals surface area contributed by atoms with Gasteiger partial charge >= 0.3 is 12.3 Å². The standard InChI is InChI=1S/C11H4Cl3F3O4/c12-4-2-5-3(7(13)8(4)14)1-6(21-10(18)19)9(20-5)11(15,16)17/h1-2,9H,(H,18,19). The normalized spacial score (nSPS) is 17.6. The number of halogens is 6. The summed E-state index contributed by atoms with van der Waals surface area (Å²) in [7, 11) is 0. The summed E-state index contributed by atoms with van der Waals surface area (Å²) in [5.41, 5.74) is -0.0529. The molecule has 21 heavy (non-hydrogen) atoms. The molecule has 0 bridgehead atoms. The molecule has 1 aromatic rings. The smallest absolute Gasteiger partial charge is 0.472 e. The van der Waals surface area contributed by atoms with Crippen molar-refractivity contribution in [1.29, 1.82) is 0 Å². The van der Waals surface area contributed by atoms with Crippen molar-refractivity contribution in [2.75, 3.05) is 0 Å². The molecular formula is C11H4Cl3F3O4. The zero-order valence-electron chi connectivity index (χ0n) is 9.67. The molecule has 0 saturated heterocycles. The summed E-state index contributed by atoms with van der Waals surface area (Å²) in [4.78, 5) is 10.5. The fourth-order valence-electron chi connectivity index (χ4n) is 1.63. The summed E-state index contributed by atoms with van der Waals surface area (Å²) < 4.78 is 47.5. The van der Waals surface area contributed by atoms with E-state index in [9.17, 15) is 18.0 Å². The third-order valence-corrected chi connectivity index (χ3v) is 3.73. The van der Waals surface area contributed by atoms with Crippen LogP contribution in [0.4, 0.5) is 18.0 Å². The van der Waals surface area contributed by atoms with Crippen molar-refractivity contribution in [1.82, 2.24) is 0 Å². The summed E-state index contributed by atoms with van der Waals surface area (Å²) in [6.45, 7) is 0. The molecule has 1 aliphatic heterocycles. The van der Waals surface area contributed by atoms with Crippen molar-refractivity contribution in [2.24, 2.45) is 0 Å². The minimum absolute atomic E-state index is 0.0529. The molecule has 0 amide bonds. The van der Waals surface area contributed by atoms with Crippen LogP contribution in [0.3, 0.4) is 0 Å². The van der Waals surface area contributed by atoms with Gasteiger partial charge < -0.3 is 14.6 Å². The van der Waals surface area contributed by atoms with Gasteiger partial charge in [-0.3, -0.25) is 0 Å². The first-order valence-electron chi connectivity index (χ1n) is 5.14. The lowest BCUT2D eigenvalue weighted by molar-refractivity contribution is -0.191. The molecule has 114 valence electrons. The number of hydrogen-bond donors (Lipinski definition) is 1.